The molecule has 0 fully saturated rings. The van der Waals surface area contributed by atoms with Crippen LogP contribution in [0.4, 0.5) is 0 Å². The van der Waals surface area contributed by atoms with Gasteiger partial charge < -0.3 is 9.47 Å². The van der Waals surface area contributed by atoms with Crippen LogP contribution >= 0.6 is 35.3 Å². The fourth-order valence-electron chi connectivity index (χ4n) is 4.02. The third kappa shape index (κ3) is 20.3. The minimum absolute atomic E-state index is 0.0231. The first-order valence-electron chi connectivity index (χ1n) is 13.4. The van der Waals surface area contributed by atoms with Gasteiger partial charge in [0.2, 0.25) is 0 Å². The molecule has 0 aliphatic carbocycles. The third-order valence-electron chi connectivity index (χ3n) is 5.72. The van der Waals surface area contributed by atoms with Crippen molar-refractivity contribution < 1.29 is 39.1 Å². The van der Waals surface area contributed by atoms with E-state index in [1.54, 1.807) is 0 Å². The number of rotatable bonds is 28. The standard InChI is InChI=1S/C26H54O8S3/c1-9-12-24(4,21-30-16-19-36-26(6,14-11-3)23-32-34-28-8)35-18-15-29-22-25(5,13-10-2)37-20-17-31-33-27-7/h9-23H2,1-8H3/t24-,25-,26-/m0/s1. The van der Waals surface area contributed by atoms with Gasteiger partial charge in [0.15, 0.2) is 0 Å². The van der Waals surface area contributed by atoms with Crippen molar-refractivity contribution in [2.24, 2.45) is 0 Å². The van der Waals surface area contributed by atoms with Crippen molar-refractivity contribution in [3.63, 3.8) is 0 Å². The average Bonchev–Trinajstić information content (AvgIpc) is 2.84. The highest BCUT2D eigenvalue weighted by molar-refractivity contribution is 8.01. The molecule has 0 aromatic carbocycles. The molecule has 0 amide bonds. The summed E-state index contributed by atoms with van der Waals surface area (Å²) in [5.41, 5.74) is 0. The minimum atomic E-state index is -0.0231. The molecule has 0 N–H and O–H groups in total. The van der Waals surface area contributed by atoms with E-state index in [1.807, 2.05) is 35.3 Å². The molecule has 37 heavy (non-hydrogen) atoms. The summed E-state index contributed by atoms with van der Waals surface area (Å²) in [5.74, 6) is 2.70. The van der Waals surface area contributed by atoms with E-state index in [4.69, 9.17) is 19.2 Å². The van der Waals surface area contributed by atoms with Gasteiger partial charge in [-0.3, -0.25) is 0 Å². The van der Waals surface area contributed by atoms with Crippen molar-refractivity contribution in [1.29, 1.82) is 0 Å². The van der Waals surface area contributed by atoms with Crippen molar-refractivity contribution in [2.45, 2.75) is 94.3 Å². The van der Waals surface area contributed by atoms with Gasteiger partial charge >= 0.3 is 0 Å². The molecule has 3 atom stereocenters. The van der Waals surface area contributed by atoms with Gasteiger partial charge in [-0.2, -0.15) is 35.3 Å². The zero-order valence-corrected chi connectivity index (χ0v) is 27.0. The van der Waals surface area contributed by atoms with Crippen molar-refractivity contribution in [2.75, 3.05) is 71.1 Å². The average molecular weight is 591 g/mol. The zero-order valence-electron chi connectivity index (χ0n) is 24.6. The number of ether oxygens (including phenoxy) is 2. The van der Waals surface area contributed by atoms with Gasteiger partial charge in [0.05, 0.1) is 53.9 Å². The van der Waals surface area contributed by atoms with Gasteiger partial charge in [0.25, 0.3) is 0 Å². The predicted molar refractivity (Wildman–Crippen MR) is 157 cm³/mol. The van der Waals surface area contributed by atoms with E-state index in [0.29, 0.717) is 13.2 Å². The van der Waals surface area contributed by atoms with Crippen LogP contribution in [0.5, 0.6) is 0 Å². The normalized spacial score (nSPS) is 16.9. The quantitative estimate of drug-likeness (QED) is 0.0542. The summed E-state index contributed by atoms with van der Waals surface area (Å²) in [7, 11) is 2.87. The van der Waals surface area contributed by atoms with E-state index >= 15 is 0 Å². The fourth-order valence-corrected chi connectivity index (χ4v) is 7.56. The Balaban J connectivity index is 4.37. The van der Waals surface area contributed by atoms with Gasteiger partial charge in [0.1, 0.15) is 0 Å². The molecule has 224 valence electrons. The Kier molecular flexibility index (Phi) is 23.9. The Morgan fingerprint density at radius 2 is 0.892 bits per heavy atom. The molecule has 0 radical (unpaired) electrons. The summed E-state index contributed by atoms with van der Waals surface area (Å²) < 4.78 is 12.4. The Bertz CT molecular complexity index is 522. The smallest absolute Gasteiger partial charge is 0.0997 e. The largest absolute Gasteiger partial charge is 0.379 e. The fraction of sp³-hybridized carbons (Fsp3) is 1.00. The summed E-state index contributed by atoms with van der Waals surface area (Å²) in [4.78, 5) is 19.1. The van der Waals surface area contributed by atoms with E-state index < -0.39 is 0 Å². The summed E-state index contributed by atoms with van der Waals surface area (Å²) >= 11 is 5.69. The Morgan fingerprint density at radius 1 is 0.514 bits per heavy atom. The summed E-state index contributed by atoms with van der Waals surface area (Å²) in [6.07, 6.45) is 6.59. The minimum Gasteiger partial charge on any atom is -0.379 e. The highest BCUT2D eigenvalue weighted by Gasteiger charge is 2.28. The molecule has 0 rings (SSSR count). The van der Waals surface area contributed by atoms with Crippen LogP contribution in [0.1, 0.15) is 80.1 Å². The molecular weight excluding hydrogens is 536 g/mol. The molecule has 0 aliphatic rings. The second-order valence-electron chi connectivity index (χ2n) is 9.80. The lowest BCUT2D eigenvalue weighted by Gasteiger charge is -2.31. The van der Waals surface area contributed by atoms with Crippen LogP contribution in [0.15, 0.2) is 0 Å². The van der Waals surface area contributed by atoms with Crippen molar-refractivity contribution in [1.82, 2.24) is 0 Å². The van der Waals surface area contributed by atoms with Gasteiger partial charge in [-0.25, -0.2) is 19.6 Å². The van der Waals surface area contributed by atoms with E-state index in [0.717, 1.165) is 82.2 Å². The molecular formula is C26H54O8S3. The maximum atomic E-state index is 6.15. The lowest BCUT2D eigenvalue weighted by atomic mass is 10.1. The van der Waals surface area contributed by atoms with E-state index in [-0.39, 0.29) is 14.2 Å². The Hall–Kier alpha value is 0.730. The van der Waals surface area contributed by atoms with Crippen LogP contribution in [0.25, 0.3) is 0 Å². The Labute approximate surface area is 239 Å². The van der Waals surface area contributed by atoms with Crippen molar-refractivity contribution >= 4 is 35.3 Å². The van der Waals surface area contributed by atoms with Crippen molar-refractivity contribution in [3.8, 4) is 0 Å². The summed E-state index contributed by atoms with van der Waals surface area (Å²) in [6, 6.07) is 0. The van der Waals surface area contributed by atoms with Gasteiger partial charge in [-0.15, -0.1) is 0 Å². The van der Waals surface area contributed by atoms with Crippen LogP contribution in [0, 0.1) is 0 Å². The SMILES string of the molecule is CCC[C@@](C)(COCCS[C@@](C)(CCC)COOOC)SCCOC[C@](C)(CCC)SCCOOOC. The first-order valence-corrected chi connectivity index (χ1v) is 16.4. The van der Waals surface area contributed by atoms with E-state index in [2.05, 4.69) is 61.4 Å². The molecule has 0 spiro atoms. The zero-order chi connectivity index (χ0) is 27.9. The van der Waals surface area contributed by atoms with Gasteiger partial charge in [-0.05, 0) is 40.0 Å². The molecule has 0 unspecified atom stereocenters. The molecule has 11 heteroatoms. The van der Waals surface area contributed by atoms with E-state index in [1.165, 1.54) is 14.2 Å². The lowest BCUT2D eigenvalue weighted by molar-refractivity contribution is -0.503. The van der Waals surface area contributed by atoms with Crippen LogP contribution < -0.4 is 0 Å². The van der Waals surface area contributed by atoms with Gasteiger partial charge in [-0.1, -0.05) is 50.1 Å². The number of hydrogen-bond donors (Lipinski definition) is 0. The molecule has 0 saturated carbocycles. The highest BCUT2D eigenvalue weighted by atomic mass is 32.2. The lowest BCUT2D eigenvalue weighted by Crippen LogP contribution is -2.31. The maximum absolute atomic E-state index is 6.15. The molecule has 0 saturated heterocycles. The topological polar surface area (TPSA) is 73.8 Å². The van der Waals surface area contributed by atoms with Crippen LogP contribution in [-0.4, -0.2) is 85.4 Å². The molecule has 0 bridgehead atoms. The van der Waals surface area contributed by atoms with Crippen LogP contribution in [-0.2, 0) is 39.1 Å². The third-order valence-corrected chi connectivity index (χ3v) is 9.89. The predicted octanol–water partition coefficient (Wildman–Crippen LogP) is 6.91. The van der Waals surface area contributed by atoms with Crippen molar-refractivity contribution in [3.05, 3.63) is 0 Å². The first kappa shape index (κ1) is 37.7. The molecule has 0 heterocycles. The first-order chi connectivity index (χ1) is 17.7. The Morgan fingerprint density at radius 3 is 1.30 bits per heavy atom. The molecule has 8 nitrogen and oxygen atoms in total. The number of hydrogen-bond acceptors (Lipinski definition) is 11. The summed E-state index contributed by atoms with van der Waals surface area (Å²) in [5, 5.41) is 9.10. The van der Waals surface area contributed by atoms with Crippen LogP contribution in [0.3, 0.4) is 0 Å². The molecule has 0 aliphatic heterocycles. The van der Waals surface area contributed by atoms with Gasteiger partial charge in [0, 0.05) is 31.5 Å². The van der Waals surface area contributed by atoms with E-state index in [9.17, 15) is 0 Å². The maximum Gasteiger partial charge on any atom is 0.0997 e. The summed E-state index contributed by atoms with van der Waals surface area (Å²) in [6.45, 7) is 17.3. The highest BCUT2D eigenvalue weighted by Crippen LogP contribution is 2.33. The second kappa shape index (κ2) is 23.4. The molecule has 0 aromatic rings. The number of thioether (sulfide) groups is 3. The monoisotopic (exact) mass is 590 g/mol. The van der Waals surface area contributed by atoms with Crippen LogP contribution in [0.2, 0.25) is 0 Å². The second-order valence-corrected chi connectivity index (χ2v) is 14.9. The molecule has 0 aromatic heterocycles.